The summed E-state index contributed by atoms with van der Waals surface area (Å²) in [5, 5.41) is 34.7. The van der Waals surface area contributed by atoms with Gasteiger partial charge in [-0.05, 0) is 74.0 Å². The van der Waals surface area contributed by atoms with Crippen molar-refractivity contribution in [3.63, 3.8) is 0 Å². The molecule has 2 amide bonds. The number of halogens is 2. The molecule has 2 aliphatic carbocycles. The van der Waals surface area contributed by atoms with Gasteiger partial charge < -0.3 is 25.0 Å². The van der Waals surface area contributed by atoms with Gasteiger partial charge in [0.15, 0.2) is 0 Å². The van der Waals surface area contributed by atoms with Crippen molar-refractivity contribution in [3.8, 4) is 0 Å². The Hall–Kier alpha value is -1.58. The van der Waals surface area contributed by atoms with Crippen LogP contribution in [-0.2, 0) is 9.53 Å². The Morgan fingerprint density at radius 2 is 1.89 bits per heavy atom. The molecule has 3 fully saturated rings. The molecule has 1 saturated heterocycles. The molecule has 37 heavy (non-hydrogen) atoms. The second kappa shape index (κ2) is 11.3. The number of carbonyl (C=O) groups excluding carboxylic acids is 2. The molecule has 1 heterocycles. The summed E-state index contributed by atoms with van der Waals surface area (Å²) in [7, 11) is 0. The highest BCUT2D eigenvalue weighted by atomic mass is 35.5. The first kappa shape index (κ1) is 28.4. The van der Waals surface area contributed by atoms with Gasteiger partial charge >= 0.3 is 6.09 Å². The van der Waals surface area contributed by atoms with Crippen LogP contribution >= 0.6 is 23.2 Å². The molecule has 7 atom stereocenters. The van der Waals surface area contributed by atoms with Gasteiger partial charge in [0.05, 0.1) is 35.4 Å². The third kappa shape index (κ3) is 5.46. The van der Waals surface area contributed by atoms with E-state index >= 15 is 0 Å². The first-order chi connectivity index (χ1) is 17.5. The van der Waals surface area contributed by atoms with Crippen molar-refractivity contribution in [2.45, 2.75) is 77.0 Å². The molecule has 0 aromatic heterocycles. The van der Waals surface area contributed by atoms with Crippen molar-refractivity contribution < 1.29 is 29.6 Å². The first-order valence-corrected chi connectivity index (χ1v) is 13.9. The normalized spacial score (nSPS) is 35.6. The van der Waals surface area contributed by atoms with Gasteiger partial charge in [0.1, 0.15) is 6.10 Å². The lowest BCUT2D eigenvalue weighted by Crippen LogP contribution is -2.61. The number of amides is 2. The number of hydrogen-bond donors (Lipinski definition) is 4. The van der Waals surface area contributed by atoms with Gasteiger partial charge in [0, 0.05) is 24.1 Å². The molecule has 3 aliphatic rings. The number of rotatable bonds is 6. The third-order valence-electron chi connectivity index (χ3n) is 9.39. The highest BCUT2D eigenvalue weighted by molar-refractivity contribution is 6.42. The quantitative estimate of drug-likeness (QED) is 0.410. The number of anilines is 1. The van der Waals surface area contributed by atoms with E-state index in [2.05, 4.69) is 12.2 Å². The molecule has 2 saturated carbocycles. The van der Waals surface area contributed by atoms with Crippen LogP contribution in [0.3, 0.4) is 0 Å². The van der Waals surface area contributed by atoms with Crippen molar-refractivity contribution >= 4 is 40.9 Å². The highest BCUT2D eigenvalue weighted by Gasteiger charge is 2.60. The average Bonchev–Trinajstić information content (AvgIpc) is 3.35. The minimum Gasteiger partial charge on any atom is -0.445 e. The van der Waals surface area contributed by atoms with E-state index in [1.165, 1.54) is 0 Å². The van der Waals surface area contributed by atoms with Gasteiger partial charge in [-0.1, -0.05) is 37.0 Å². The molecule has 206 valence electrons. The number of nitrogens with one attached hydrogen (secondary N) is 1. The summed E-state index contributed by atoms with van der Waals surface area (Å²) in [6, 6.07) is 4.60. The minimum atomic E-state index is -0.745. The summed E-state index contributed by atoms with van der Waals surface area (Å²) in [6.45, 7) is 4.43. The number of aliphatic hydroxyl groups excluding tert-OH is 3. The van der Waals surface area contributed by atoms with Crippen LogP contribution in [0.5, 0.6) is 0 Å². The first-order valence-electron chi connectivity index (χ1n) is 13.2. The molecule has 10 heteroatoms. The van der Waals surface area contributed by atoms with E-state index in [0.29, 0.717) is 48.0 Å². The predicted molar refractivity (Wildman–Crippen MR) is 142 cm³/mol. The fraction of sp³-hybridized carbons (Fsp3) is 0.704. The van der Waals surface area contributed by atoms with Crippen molar-refractivity contribution in [2.75, 3.05) is 25.1 Å². The maximum absolute atomic E-state index is 13.3. The van der Waals surface area contributed by atoms with Gasteiger partial charge in [0.25, 0.3) is 0 Å². The molecule has 1 aliphatic heterocycles. The second-order valence-corrected chi connectivity index (χ2v) is 12.2. The molecule has 8 nitrogen and oxygen atoms in total. The van der Waals surface area contributed by atoms with E-state index in [9.17, 15) is 24.9 Å². The fourth-order valence-corrected chi connectivity index (χ4v) is 7.59. The Morgan fingerprint density at radius 3 is 2.57 bits per heavy atom. The van der Waals surface area contributed by atoms with Crippen LogP contribution in [0.4, 0.5) is 10.5 Å². The smallest absolute Gasteiger partial charge is 0.411 e. The number of fused-ring (bicyclic) bond motifs is 1. The monoisotopic (exact) mass is 556 g/mol. The van der Waals surface area contributed by atoms with Gasteiger partial charge in [-0.3, -0.25) is 10.1 Å². The van der Waals surface area contributed by atoms with Crippen LogP contribution < -0.4 is 5.32 Å². The molecule has 0 bridgehead atoms. The van der Waals surface area contributed by atoms with E-state index < -0.39 is 29.1 Å². The second-order valence-electron chi connectivity index (χ2n) is 11.4. The molecule has 4 rings (SSSR count). The number of benzene rings is 1. The maximum Gasteiger partial charge on any atom is 0.411 e. The maximum atomic E-state index is 13.3. The number of carbonyl (C=O) groups is 2. The average molecular weight is 558 g/mol. The largest absolute Gasteiger partial charge is 0.445 e. The molecule has 1 aromatic carbocycles. The number of hydrogen-bond acceptors (Lipinski definition) is 6. The molecular weight excluding hydrogens is 519 g/mol. The molecule has 4 N–H and O–H groups in total. The zero-order valence-electron chi connectivity index (χ0n) is 21.5. The van der Waals surface area contributed by atoms with E-state index in [4.69, 9.17) is 27.9 Å². The molecule has 1 aromatic rings. The fourth-order valence-electron chi connectivity index (χ4n) is 7.29. The van der Waals surface area contributed by atoms with Crippen molar-refractivity contribution in [3.05, 3.63) is 28.2 Å². The van der Waals surface area contributed by atoms with Crippen molar-refractivity contribution in [1.29, 1.82) is 0 Å². The number of likely N-dealkylation sites (tertiary alicyclic amines) is 1. The van der Waals surface area contributed by atoms with E-state index in [-0.39, 0.29) is 43.4 Å². The zero-order chi connectivity index (χ0) is 27.0. The zero-order valence-corrected chi connectivity index (χ0v) is 23.0. The number of ether oxygens (including phenoxy) is 1. The summed E-state index contributed by atoms with van der Waals surface area (Å²) >= 11 is 12.0. The van der Waals surface area contributed by atoms with Crippen LogP contribution in [0.15, 0.2) is 18.2 Å². The van der Waals surface area contributed by atoms with Crippen LogP contribution in [0.2, 0.25) is 10.0 Å². The standard InChI is InChI=1S/C27H38Cl2N2O6/c1-26-10-9-23(37-25(36)30-16-5-6-19(28)20(29)12-16)27(2,15-33)22(26)8-7-21(34)18(26)13-24(35)31-11-3-4-17(31)14-32/h5-6,12,17-18,21-23,32-34H,3-4,7-11,13-15H2,1-2H3,(H,30,36)/t17-,18+,21+,22+,23+,26-,27-/m0/s1. The summed E-state index contributed by atoms with van der Waals surface area (Å²) in [4.78, 5) is 27.8. The molecule has 0 radical (unpaired) electrons. The van der Waals surface area contributed by atoms with Gasteiger partial charge in [-0.2, -0.15) is 0 Å². The number of aliphatic hydroxyl groups is 3. The summed E-state index contributed by atoms with van der Waals surface area (Å²) in [6.07, 6.45) is 2.39. The Labute approximate surface area is 228 Å². The SMILES string of the molecule is C[C@]1(CO)[C@@H]2CC[C@@H](O)[C@@H](CC(=O)N3CCC[C@H]3CO)[C@]2(C)CC[C@H]1OC(=O)Nc1ccc(Cl)c(Cl)c1. The summed E-state index contributed by atoms with van der Waals surface area (Å²) in [5.74, 6) is -0.377. The highest BCUT2D eigenvalue weighted by Crippen LogP contribution is 2.61. The third-order valence-corrected chi connectivity index (χ3v) is 10.1. The lowest BCUT2D eigenvalue weighted by molar-refractivity contribution is -0.186. The van der Waals surface area contributed by atoms with Gasteiger partial charge in [0.2, 0.25) is 5.91 Å². The Kier molecular flexibility index (Phi) is 8.65. The van der Waals surface area contributed by atoms with Crippen LogP contribution in [0.25, 0.3) is 0 Å². The van der Waals surface area contributed by atoms with Crippen molar-refractivity contribution in [1.82, 2.24) is 4.90 Å². The summed E-state index contributed by atoms with van der Waals surface area (Å²) < 4.78 is 5.87. The van der Waals surface area contributed by atoms with E-state index in [0.717, 1.165) is 12.8 Å². The van der Waals surface area contributed by atoms with Crippen LogP contribution in [0, 0.1) is 22.7 Å². The molecule has 0 spiro atoms. The Morgan fingerprint density at radius 1 is 1.14 bits per heavy atom. The lowest BCUT2D eigenvalue weighted by Gasteiger charge is -2.60. The van der Waals surface area contributed by atoms with Crippen molar-refractivity contribution in [2.24, 2.45) is 22.7 Å². The Balaban J connectivity index is 1.50. The van der Waals surface area contributed by atoms with Crippen LogP contribution in [0.1, 0.15) is 58.8 Å². The van der Waals surface area contributed by atoms with E-state index in [1.807, 2.05) is 6.92 Å². The molecular formula is C27H38Cl2N2O6. The lowest BCUT2D eigenvalue weighted by atomic mass is 9.46. The Bertz CT molecular complexity index is 1010. The summed E-state index contributed by atoms with van der Waals surface area (Å²) in [5.41, 5.74) is -0.711. The van der Waals surface area contributed by atoms with Gasteiger partial charge in [-0.15, -0.1) is 0 Å². The van der Waals surface area contributed by atoms with Crippen LogP contribution in [-0.4, -0.2) is 70.2 Å². The topological polar surface area (TPSA) is 119 Å². The molecule has 0 unspecified atom stereocenters. The van der Waals surface area contributed by atoms with Gasteiger partial charge in [-0.25, -0.2) is 4.79 Å². The minimum absolute atomic E-state index is 0.0347. The van der Waals surface area contributed by atoms with E-state index in [1.54, 1.807) is 23.1 Å². The number of nitrogens with zero attached hydrogens (tertiary/aromatic N) is 1. The predicted octanol–water partition coefficient (Wildman–Crippen LogP) is 4.47.